The standard InChI is InChI=1S/C12H24N2/c1-3-14(2)12(9-13)8-10-4-6-11(12)7-5-10/h10-11H,3-9,13H2,1-2H3. The van der Waals surface area contributed by atoms with E-state index in [2.05, 4.69) is 18.9 Å². The van der Waals surface area contributed by atoms with Crippen molar-refractivity contribution >= 4 is 0 Å². The van der Waals surface area contributed by atoms with Crippen LogP contribution in [0.1, 0.15) is 39.0 Å². The summed E-state index contributed by atoms with van der Waals surface area (Å²) in [5, 5.41) is 0. The van der Waals surface area contributed by atoms with Gasteiger partial charge in [-0.25, -0.2) is 0 Å². The van der Waals surface area contributed by atoms with Crippen LogP contribution in [0, 0.1) is 11.8 Å². The van der Waals surface area contributed by atoms with Crippen molar-refractivity contribution in [3.8, 4) is 0 Å². The highest BCUT2D eigenvalue weighted by molar-refractivity contribution is 5.04. The number of likely N-dealkylation sites (N-methyl/N-ethyl adjacent to an activating group) is 1. The normalized spacial score (nSPS) is 42.0. The lowest BCUT2D eigenvalue weighted by Gasteiger charge is -2.55. The number of fused-ring (bicyclic) bond motifs is 3. The summed E-state index contributed by atoms with van der Waals surface area (Å²) in [7, 11) is 2.26. The first kappa shape index (κ1) is 10.4. The molecule has 3 fully saturated rings. The topological polar surface area (TPSA) is 29.3 Å². The van der Waals surface area contributed by atoms with Crippen molar-refractivity contribution in [2.45, 2.75) is 44.6 Å². The van der Waals surface area contributed by atoms with Crippen LogP contribution in [-0.4, -0.2) is 30.6 Å². The maximum absolute atomic E-state index is 6.06. The summed E-state index contributed by atoms with van der Waals surface area (Å²) in [5.74, 6) is 1.85. The highest BCUT2D eigenvalue weighted by Gasteiger charge is 2.48. The van der Waals surface area contributed by atoms with Gasteiger partial charge in [-0.3, -0.25) is 4.90 Å². The minimum absolute atomic E-state index is 0.357. The zero-order valence-electron chi connectivity index (χ0n) is 9.63. The molecule has 0 radical (unpaired) electrons. The summed E-state index contributed by atoms with van der Waals surface area (Å²) in [6.07, 6.45) is 7.13. The van der Waals surface area contributed by atoms with Crippen molar-refractivity contribution in [2.24, 2.45) is 17.6 Å². The molecule has 0 aromatic rings. The van der Waals surface area contributed by atoms with Gasteiger partial charge in [0, 0.05) is 12.1 Å². The van der Waals surface area contributed by atoms with E-state index in [1.54, 1.807) is 0 Å². The third kappa shape index (κ3) is 1.40. The molecule has 3 aliphatic carbocycles. The first-order valence-corrected chi connectivity index (χ1v) is 6.14. The van der Waals surface area contributed by atoms with Gasteiger partial charge in [0.25, 0.3) is 0 Å². The quantitative estimate of drug-likeness (QED) is 0.746. The number of hydrogen-bond acceptors (Lipinski definition) is 2. The molecule has 1 unspecified atom stereocenters. The molecule has 3 saturated carbocycles. The van der Waals surface area contributed by atoms with Crippen LogP contribution in [-0.2, 0) is 0 Å². The van der Waals surface area contributed by atoms with E-state index in [1.807, 2.05) is 0 Å². The fourth-order valence-electron chi connectivity index (χ4n) is 3.76. The summed E-state index contributed by atoms with van der Waals surface area (Å²) in [5.41, 5.74) is 6.42. The maximum Gasteiger partial charge on any atom is 0.0359 e. The molecule has 1 atom stereocenters. The maximum atomic E-state index is 6.06. The Morgan fingerprint density at radius 1 is 1.29 bits per heavy atom. The van der Waals surface area contributed by atoms with Gasteiger partial charge in [0.1, 0.15) is 0 Å². The van der Waals surface area contributed by atoms with Gasteiger partial charge in [0.15, 0.2) is 0 Å². The molecule has 0 heterocycles. The Bertz CT molecular complexity index is 196. The largest absolute Gasteiger partial charge is 0.329 e. The van der Waals surface area contributed by atoms with E-state index in [0.717, 1.165) is 24.9 Å². The van der Waals surface area contributed by atoms with Gasteiger partial charge >= 0.3 is 0 Å². The molecule has 2 bridgehead atoms. The van der Waals surface area contributed by atoms with Gasteiger partial charge in [-0.1, -0.05) is 19.8 Å². The molecule has 3 rings (SSSR count). The molecule has 0 saturated heterocycles. The molecule has 2 heteroatoms. The second-order valence-electron chi connectivity index (χ2n) is 5.24. The molecule has 0 spiro atoms. The molecule has 0 aliphatic heterocycles. The van der Waals surface area contributed by atoms with E-state index >= 15 is 0 Å². The minimum atomic E-state index is 0.357. The van der Waals surface area contributed by atoms with E-state index in [-0.39, 0.29) is 0 Å². The van der Waals surface area contributed by atoms with Crippen molar-refractivity contribution in [1.29, 1.82) is 0 Å². The monoisotopic (exact) mass is 196 g/mol. The first-order chi connectivity index (χ1) is 6.73. The second kappa shape index (κ2) is 3.82. The lowest BCUT2D eigenvalue weighted by atomic mass is 9.59. The molecule has 82 valence electrons. The number of nitrogens with zero attached hydrogens (tertiary/aromatic N) is 1. The van der Waals surface area contributed by atoms with Crippen LogP contribution >= 0.6 is 0 Å². The average molecular weight is 196 g/mol. The van der Waals surface area contributed by atoms with Crippen molar-refractivity contribution in [3.05, 3.63) is 0 Å². The van der Waals surface area contributed by atoms with E-state index < -0.39 is 0 Å². The molecule has 2 nitrogen and oxygen atoms in total. The molecule has 0 amide bonds. The van der Waals surface area contributed by atoms with E-state index in [1.165, 1.54) is 32.1 Å². The predicted molar refractivity (Wildman–Crippen MR) is 60.2 cm³/mol. The molecule has 14 heavy (non-hydrogen) atoms. The van der Waals surface area contributed by atoms with Crippen molar-refractivity contribution in [1.82, 2.24) is 4.90 Å². The Morgan fingerprint density at radius 2 is 1.93 bits per heavy atom. The van der Waals surface area contributed by atoms with Crippen LogP contribution in [0.3, 0.4) is 0 Å². The molecular weight excluding hydrogens is 172 g/mol. The smallest absolute Gasteiger partial charge is 0.0359 e. The molecule has 0 aromatic heterocycles. The lowest BCUT2D eigenvalue weighted by Crippen LogP contribution is -2.61. The molecule has 0 aromatic carbocycles. The predicted octanol–water partition coefficient (Wildman–Crippen LogP) is 1.85. The summed E-state index contributed by atoms with van der Waals surface area (Å²) < 4.78 is 0. The van der Waals surface area contributed by atoms with E-state index in [9.17, 15) is 0 Å². The van der Waals surface area contributed by atoms with Gasteiger partial charge in [-0.2, -0.15) is 0 Å². The fourth-order valence-corrected chi connectivity index (χ4v) is 3.76. The second-order valence-corrected chi connectivity index (χ2v) is 5.24. The Kier molecular flexibility index (Phi) is 2.85. The third-order valence-corrected chi connectivity index (χ3v) is 4.84. The zero-order valence-corrected chi connectivity index (χ0v) is 9.63. The Balaban J connectivity index is 2.19. The highest BCUT2D eigenvalue weighted by atomic mass is 15.2. The Hall–Kier alpha value is -0.0800. The van der Waals surface area contributed by atoms with Gasteiger partial charge in [0.05, 0.1) is 0 Å². The van der Waals surface area contributed by atoms with Crippen LogP contribution in [0.2, 0.25) is 0 Å². The van der Waals surface area contributed by atoms with Gasteiger partial charge in [-0.15, -0.1) is 0 Å². The molecule has 2 N–H and O–H groups in total. The summed E-state index contributed by atoms with van der Waals surface area (Å²) in [6, 6.07) is 0. The molecular formula is C12H24N2. The van der Waals surface area contributed by atoms with Crippen molar-refractivity contribution < 1.29 is 0 Å². The van der Waals surface area contributed by atoms with Crippen LogP contribution < -0.4 is 5.73 Å². The fraction of sp³-hybridized carbons (Fsp3) is 1.00. The van der Waals surface area contributed by atoms with E-state index in [0.29, 0.717) is 5.54 Å². The third-order valence-electron chi connectivity index (χ3n) is 4.84. The Labute approximate surface area is 87.8 Å². The zero-order chi connectivity index (χ0) is 10.2. The highest BCUT2D eigenvalue weighted by Crippen LogP contribution is 2.49. The van der Waals surface area contributed by atoms with Gasteiger partial charge in [-0.05, 0) is 44.7 Å². The first-order valence-electron chi connectivity index (χ1n) is 6.14. The van der Waals surface area contributed by atoms with Crippen LogP contribution in [0.5, 0.6) is 0 Å². The van der Waals surface area contributed by atoms with Gasteiger partial charge < -0.3 is 5.73 Å². The van der Waals surface area contributed by atoms with Crippen LogP contribution in [0.25, 0.3) is 0 Å². The van der Waals surface area contributed by atoms with Crippen molar-refractivity contribution in [2.75, 3.05) is 20.1 Å². The van der Waals surface area contributed by atoms with Crippen molar-refractivity contribution in [3.63, 3.8) is 0 Å². The van der Waals surface area contributed by atoms with Gasteiger partial charge in [0.2, 0.25) is 0 Å². The number of hydrogen-bond donors (Lipinski definition) is 1. The molecule has 3 aliphatic rings. The average Bonchev–Trinajstić information content (AvgIpc) is 2.29. The number of nitrogens with two attached hydrogens (primary N) is 1. The van der Waals surface area contributed by atoms with E-state index in [4.69, 9.17) is 5.73 Å². The minimum Gasteiger partial charge on any atom is -0.329 e. The van der Waals surface area contributed by atoms with Crippen LogP contribution in [0.4, 0.5) is 0 Å². The summed E-state index contributed by atoms with van der Waals surface area (Å²) in [4.78, 5) is 2.52. The Morgan fingerprint density at radius 3 is 2.29 bits per heavy atom. The SMILES string of the molecule is CCN(C)C1(CN)CC2CCC1CC2. The summed E-state index contributed by atoms with van der Waals surface area (Å²) >= 11 is 0. The van der Waals surface area contributed by atoms with Crippen LogP contribution in [0.15, 0.2) is 0 Å². The summed E-state index contributed by atoms with van der Waals surface area (Å²) in [6.45, 7) is 4.25. The lowest BCUT2D eigenvalue weighted by molar-refractivity contribution is -0.0327. The number of rotatable bonds is 3.